The molecule has 0 radical (unpaired) electrons. The van der Waals surface area contributed by atoms with E-state index in [0.29, 0.717) is 5.82 Å². The number of H-pyrrole nitrogens is 1. The van der Waals surface area contributed by atoms with Gasteiger partial charge in [-0.1, -0.05) is 19.3 Å². The number of imidazole rings is 1. The van der Waals surface area contributed by atoms with Crippen molar-refractivity contribution in [1.29, 1.82) is 0 Å². The van der Waals surface area contributed by atoms with E-state index in [1.54, 1.807) is 6.92 Å². The lowest BCUT2D eigenvalue weighted by atomic mass is 10.1. The van der Waals surface area contributed by atoms with Gasteiger partial charge in [0.15, 0.2) is 5.03 Å². The molecule has 0 amide bonds. The molecule has 2 unspecified atom stereocenters. The minimum Gasteiger partial charge on any atom is -0.332 e. The van der Waals surface area contributed by atoms with E-state index in [9.17, 15) is 8.42 Å². The molecule has 0 aromatic carbocycles. The van der Waals surface area contributed by atoms with Gasteiger partial charge >= 0.3 is 0 Å². The van der Waals surface area contributed by atoms with E-state index in [2.05, 4.69) is 14.7 Å². The molecule has 0 spiro atoms. The fourth-order valence-electron chi connectivity index (χ4n) is 2.19. The number of hydrogen-bond acceptors (Lipinski definition) is 3. The lowest BCUT2D eigenvalue weighted by molar-refractivity contribution is 0.512. The Hall–Kier alpha value is -0.590. The van der Waals surface area contributed by atoms with Crippen LogP contribution in [-0.2, 0) is 10.0 Å². The summed E-state index contributed by atoms with van der Waals surface area (Å²) in [5.41, 5.74) is 0. The summed E-state index contributed by atoms with van der Waals surface area (Å²) in [4.78, 5) is 6.64. The topological polar surface area (TPSA) is 74.8 Å². The van der Waals surface area contributed by atoms with Crippen LogP contribution in [0.4, 0.5) is 0 Å². The number of nitrogens with one attached hydrogen (secondary N) is 2. The second-order valence-electron chi connectivity index (χ2n) is 4.71. The molecule has 2 N–H and O–H groups in total. The molecule has 7 heteroatoms. The molecule has 5 nitrogen and oxygen atoms in total. The number of aromatic nitrogens is 2. The van der Waals surface area contributed by atoms with Crippen LogP contribution in [0.5, 0.6) is 0 Å². The SMILES string of the molecule is Cc1ncc(S(=O)(=O)NC2CCCCCC2Cl)[nH]1. The Morgan fingerprint density at radius 2 is 2.11 bits per heavy atom. The third-order valence-corrected chi connectivity index (χ3v) is 5.13. The van der Waals surface area contributed by atoms with Gasteiger partial charge in [0.25, 0.3) is 10.0 Å². The average molecular weight is 292 g/mol. The summed E-state index contributed by atoms with van der Waals surface area (Å²) in [5, 5.41) is -0.0283. The van der Waals surface area contributed by atoms with E-state index in [1.165, 1.54) is 6.20 Å². The maximum atomic E-state index is 12.1. The Labute approximate surface area is 112 Å². The summed E-state index contributed by atoms with van der Waals surface area (Å²) >= 11 is 6.23. The summed E-state index contributed by atoms with van der Waals surface area (Å²) < 4.78 is 26.9. The standard InChI is InChI=1S/C11H18ClN3O2S/c1-8-13-7-11(14-8)18(16,17)15-10-6-4-2-3-5-9(10)12/h7,9-10,15H,2-6H2,1H3,(H,13,14). The highest BCUT2D eigenvalue weighted by Gasteiger charge is 2.27. The maximum absolute atomic E-state index is 12.1. The van der Waals surface area contributed by atoms with Gasteiger partial charge in [-0.05, 0) is 19.8 Å². The first kappa shape index (κ1) is 13.8. The molecule has 2 atom stereocenters. The lowest BCUT2D eigenvalue weighted by Gasteiger charge is -2.20. The number of nitrogens with zero attached hydrogens (tertiary/aromatic N) is 1. The van der Waals surface area contributed by atoms with Crippen LogP contribution in [0.1, 0.15) is 37.9 Å². The van der Waals surface area contributed by atoms with Crippen LogP contribution in [0.3, 0.4) is 0 Å². The predicted octanol–water partition coefficient (Wildman–Crippen LogP) is 1.94. The third-order valence-electron chi connectivity index (χ3n) is 3.21. The van der Waals surface area contributed by atoms with Crippen LogP contribution in [-0.4, -0.2) is 29.8 Å². The molecule has 0 aliphatic heterocycles. The van der Waals surface area contributed by atoms with Crippen LogP contribution in [0, 0.1) is 6.92 Å². The number of rotatable bonds is 3. The first-order valence-corrected chi connectivity index (χ1v) is 8.09. The Bertz CT molecular complexity index is 500. The predicted molar refractivity (Wildman–Crippen MR) is 70.2 cm³/mol. The van der Waals surface area contributed by atoms with Gasteiger partial charge in [0.1, 0.15) is 5.82 Å². The van der Waals surface area contributed by atoms with E-state index in [-0.39, 0.29) is 16.4 Å². The Morgan fingerprint density at radius 3 is 2.78 bits per heavy atom. The van der Waals surface area contributed by atoms with Gasteiger partial charge in [0.05, 0.1) is 6.20 Å². The maximum Gasteiger partial charge on any atom is 0.257 e. The van der Waals surface area contributed by atoms with Crippen LogP contribution < -0.4 is 4.72 Å². The van der Waals surface area contributed by atoms with Crippen molar-refractivity contribution in [2.45, 2.75) is 55.5 Å². The van der Waals surface area contributed by atoms with E-state index in [1.807, 2.05) is 0 Å². The summed E-state index contributed by atoms with van der Waals surface area (Å²) in [7, 11) is -3.54. The molecular weight excluding hydrogens is 274 g/mol. The largest absolute Gasteiger partial charge is 0.332 e. The Kier molecular flexibility index (Phi) is 4.29. The highest BCUT2D eigenvalue weighted by atomic mass is 35.5. The smallest absolute Gasteiger partial charge is 0.257 e. The molecule has 1 aromatic rings. The number of alkyl halides is 1. The second-order valence-corrected chi connectivity index (χ2v) is 6.96. The van der Waals surface area contributed by atoms with E-state index >= 15 is 0 Å². The summed E-state index contributed by atoms with van der Waals surface area (Å²) in [6.45, 7) is 1.72. The molecule has 0 saturated heterocycles. The third kappa shape index (κ3) is 3.24. The highest BCUT2D eigenvalue weighted by molar-refractivity contribution is 7.89. The molecule has 2 rings (SSSR count). The summed E-state index contributed by atoms with van der Waals surface area (Å²) in [6.07, 6.45) is 6.17. The quantitative estimate of drug-likeness (QED) is 0.660. The van der Waals surface area contributed by atoms with Crippen molar-refractivity contribution in [3.8, 4) is 0 Å². The van der Waals surface area contributed by atoms with Crippen molar-refractivity contribution in [2.75, 3.05) is 0 Å². The normalized spacial score (nSPS) is 25.9. The first-order valence-electron chi connectivity index (χ1n) is 6.17. The number of aromatic amines is 1. The van der Waals surface area contributed by atoms with Crippen molar-refractivity contribution in [3.05, 3.63) is 12.0 Å². The van der Waals surface area contributed by atoms with E-state index < -0.39 is 10.0 Å². The number of sulfonamides is 1. The number of hydrogen-bond donors (Lipinski definition) is 2. The first-order chi connectivity index (χ1) is 8.49. The van der Waals surface area contributed by atoms with Crippen LogP contribution >= 0.6 is 11.6 Å². The molecular formula is C11H18ClN3O2S. The molecule has 102 valence electrons. The van der Waals surface area contributed by atoms with Crippen LogP contribution in [0.2, 0.25) is 0 Å². The Balaban J connectivity index is 2.11. The molecule has 1 aromatic heterocycles. The van der Waals surface area contributed by atoms with E-state index in [4.69, 9.17) is 11.6 Å². The van der Waals surface area contributed by atoms with E-state index in [0.717, 1.165) is 32.1 Å². The van der Waals surface area contributed by atoms with Crippen LogP contribution in [0.25, 0.3) is 0 Å². The van der Waals surface area contributed by atoms with Crippen LogP contribution in [0.15, 0.2) is 11.2 Å². The average Bonchev–Trinajstić information content (AvgIpc) is 2.65. The van der Waals surface area contributed by atoms with Gasteiger partial charge in [0.2, 0.25) is 0 Å². The summed E-state index contributed by atoms with van der Waals surface area (Å²) in [5.74, 6) is 0.582. The monoisotopic (exact) mass is 291 g/mol. The minimum absolute atomic E-state index is 0.105. The molecule has 1 aliphatic carbocycles. The minimum atomic E-state index is -3.54. The van der Waals surface area contributed by atoms with Gasteiger partial charge in [-0.15, -0.1) is 11.6 Å². The van der Waals surface area contributed by atoms with Gasteiger partial charge in [-0.2, -0.15) is 0 Å². The zero-order valence-electron chi connectivity index (χ0n) is 10.3. The van der Waals surface area contributed by atoms with Gasteiger partial charge in [-0.3, -0.25) is 0 Å². The molecule has 1 fully saturated rings. The highest BCUT2D eigenvalue weighted by Crippen LogP contribution is 2.23. The molecule has 1 heterocycles. The molecule has 1 aliphatic rings. The number of halogens is 1. The zero-order valence-corrected chi connectivity index (χ0v) is 11.9. The molecule has 0 bridgehead atoms. The van der Waals surface area contributed by atoms with Crippen molar-refractivity contribution < 1.29 is 8.42 Å². The van der Waals surface area contributed by atoms with Gasteiger partial charge in [0, 0.05) is 11.4 Å². The number of aryl methyl sites for hydroxylation is 1. The fraction of sp³-hybridized carbons (Fsp3) is 0.727. The van der Waals surface area contributed by atoms with Crippen molar-refractivity contribution in [3.63, 3.8) is 0 Å². The fourth-order valence-corrected chi connectivity index (χ4v) is 3.89. The van der Waals surface area contributed by atoms with Gasteiger partial charge < -0.3 is 4.98 Å². The zero-order chi connectivity index (χ0) is 13.2. The second kappa shape index (κ2) is 5.59. The molecule has 18 heavy (non-hydrogen) atoms. The Morgan fingerprint density at radius 1 is 1.39 bits per heavy atom. The van der Waals surface area contributed by atoms with Crippen molar-refractivity contribution in [1.82, 2.24) is 14.7 Å². The van der Waals surface area contributed by atoms with Gasteiger partial charge in [-0.25, -0.2) is 18.1 Å². The molecule has 1 saturated carbocycles. The van der Waals surface area contributed by atoms with Crippen molar-refractivity contribution in [2.24, 2.45) is 0 Å². The lowest BCUT2D eigenvalue weighted by Crippen LogP contribution is -2.40. The summed E-state index contributed by atoms with van der Waals surface area (Å²) in [6, 6.07) is -0.192. The van der Waals surface area contributed by atoms with Crippen molar-refractivity contribution >= 4 is 21.6 Å².